The first-order chi connectivity index (χ1) is 24.8. The third-order valence-corrected chi connectivity index (χ3v) is 10.7. The number of esters is 2. The second-order valence-corrected chi connectivity index (χ2v) is 16.2. The van der Waals surface area contributed by atoms with Crippen molar-refractivity contribution in [3.05, 3.63) is 0 Å². The Balaban J connectivity index is 4.02. The maximum absolute atomic E-state index is 12.5. The summed E-state index contributed by atoms with van der Waals surface area (Å²) in [5.74, 6) is -0.781. The fourth-order valence-corrected chi connectivity index (χ4v) is 7.21. The average molecular weight is 747 g/mol. The summed E-state index contributed by atoms with van der Waals surface area (Å²) in [5.41, 5.74) is 0. The fourth-order valence-electron chi connectivity index (χ4n) is 6.45. The normalized spacial score (nSPS) is 13.3. The number of hydrogen-bond acceptors (Lipinski definition) is 7. The lowest BCUT2D eigenvalue weighted by atomic mass is 10.0. The molecular formula is C42H83O8P. The van der Waals surface area contributed by atoms with Gasteiger partial charge in [-0.25, -0.2) is 4.57 Å². The van der Waals surface area contributed by atoms with Crippen LogP contribution in [0.1, 0.15) is 233 Å². The van der Waals surface area contributed by atoms with Gasteiger partial charge in [-0.05, 0) is 19.8 Å². The topological polar surface area (TPSA) is 108 Å². The summed E-state index contributed by atoms with van der Waals surface area (Å²) in [7, 11) is -4.27. The Morgan fingerprint density at radius 1 is 0.451 bits per heavy atom. The van der Waals surface area contributed by atoms with Crippen LogP contribution in [0, 0.1) is 0 Å². The number of rotatable bonds is 41. The SMILES string of the molecule is CCCCCCCCCCCCCCCCCCCC(=O)OC(COC(=O)CCCCCCCCCCCCCCCC)COP(=O)(O)OCC. The van der Waals surface area contributed by atoms with Crippen molar-refractivity contribution in [2.24, 2.45) is 0 Å². The molecule has 1 N–H and O–H groups in total. The van der Waals surface area contributed by atoms with E-state index >= 15 is 0 Å². The van der Waals surface area contributed by atoms with Crippen molar-refractivity contribution in [2.45, 2.75) is 239 Å². The molecule has 0 rings (SSSR count). The van der Waals surface area contributed by atoms with Gasteiger partial charge in [0.15, 0.2) is 6.10 Å². The van der Waals surface area contributed by atoms with E-state index < -0.39 is 19.9 Å². The molecule has 0 aromatic heterocycles. The summed E-state index contributed by atoms with van der Waals surface area (Å²) in [6.45, 7) is 5.52. The summed E-state index contributed by atoms with van der Waals surface area (Å²) < 4.78 is 32.6. The molecule has 8 nitrogen and oxygen atoms in total. The molecular weight excluding hydrogens is 663 g/mol. The maximum atomic E-state index is 12.5. The number of unbranched alkanes of at least 4 members (excludes halogenated alkanes) is 29. The second kappa shape index (κ2) is 38.8. The number of phosphoric acid groups is 1. The van der Waals surface area contributed by atoms with Gasteiger partial charge in [0.05, 0.1) is 13.2 Å². The molecule has 0 spiro atoms. The summed E-state index contributed by atoms with van der Waals surface area (Å²) in [4.78, 5) is 34.7. The van der Waals surface area contributed by atoms with E-state index in [1.54, 1.807) is 6.92 Å². The largest absolute Gasteiger partial charge is 0.472 e. The first kappa shape index (κ1) is 50.1. The van der Waals surface area contributed by atoms with Gasteiger partial charge in [-0.15, -0.1) is 0 Å². The van der Waals surface area contributed by atoms with E-state index in [-0.39, 0.29) is 32.2 Å². The monoisotopic (exact) mass is 747 g/mol. The minimum absolute atomic E-state index is 0.00567. The zero-order valence-electron chi connectivity index (χ0n) is 33.8. The quantitative estimate of drug-likeness (QED) is 0.0374. The lowest BCUT2D eigenvalue weighted by Gasteiger charge is -2.19. The molecule has 0 radical (unpaired) electrons. The van der Waals surface area contributed by atoms with Crippen LogP contribution in [-0.2, 0) is 32.7 Å². The molecule has 0 bridgehead atoms. The summed E-state index contributed by atoms with van der Waals surface area (Å²) in [5, 5.41) is 0. The highest BCUT2D eigenvalue weighted by atomic mass is 31.2. The minimum atomic E-state index is -4.27. The molecule has 2 atom stereocenters. The van der Waals surface area contributed by atoms with Crippen molar-refractivity contribution in [3.63, 3.8) is 0 Å². The Morgan fingerprint density at radius 3 is 1.10 bits per heavy atom. The fraction of sp³-hybridized carbons (Fsp3) is 0.952. The summed E-state index contributed by atoms with van der Waals surface area (Å²) in [6, 6.07) is 0. The van der Waals surface area contributed by atoms with Crippen LogP contribution >= 0.6 is 7.82 Å². The van der Waals surface area contributed by atoms with Crippen molar-refractivity contribution in [2.75, 3.05) is 19.8 Å². The van der Waals surface area contributed by atoms with E-state index in [9.17, 15) is 19.0 Å². The predicted octanol–water partition coefficient (Wildman–Crippen LogP) is 13.5. The third kappa shape index (κ3) is 38.6. The van der Waals surface area contributed by atoms with Gasteiger partial charge < -0.3 is 14.4 Å². The summed E-state index contributed by atoms with van der Waals surface area (Å²) >= 11 is 0. The Bertz CT molecular complexity index is 808. The maximum Gasteiger partial charge on any atom is 0.472 e. The molecule has 0 aliphatic carbocycles. The van der Waals surface area contributed by atoms with Crippen LogP contribution in [0.3, 0.4) is 0 Å². The van der Waals surface area contributed by atoms with Crippen LogP contribution in [0.25, 0.3) is 0 Å². The van der Waals surface area contributed by atoms with E-state index in [2.05, 4.69) is 13.8 Å². The number of carbonyl (C=O) groups is 2. The molecule has 0 aliphatic rings. The Hall–Kier alpha value is -0.950. The molecule has 0 saturated carbocycles. The molecule has 304 valence electrons. The highest BCUT2D eigenvalue weighted by Crippen LogP contribution is 2.43. The molecule has 0 fully saturated rings. The van der Waals surface area contributed by atoms with E-state index in [1.165, 1.54) is 161 Å². The molecule has 0 amide bonds. The van der Waals surface area contributed by atoms with Crippen LogP contribution in [-0.4, -0.2) is 42.8 Å². The van der Waals surface area contributed by atoms with Gasteiger partial charge >= 0.3 is 19.8 Å². The average Bonchev–Trinajstić information content (AvgIpc) is 3.10. The van der Waals surface area contributed by atoms with Gasteiger partial charge in [-0.3, -0.25) is 18.6 Å². The van der Waals surface area contributed by atoms with Gasteiger partial charge in [0, 0.05) is 12.8 Å². The van der Waals surface area contributed by atoms with Crippen LogP contribution in [0.4, 0.5) is 0 Å². The van der Waals surface area contributed by atoms with Crippen molar-refractivity contribution in [1.29, 1.82) is 0 Å². The van der Waals surface area contributed by atoms with Gasteiger partial charge in [0.1, 0.15) is 6.61 Å². The highest BCUT2D eigenvalue weighted by molar-refractivity contribution is 7.47. The van der Waals surface area contributed by atoms with E-state index in [4.69, 9.17) is 18.5 Å². The Kier molecular flexibility index (Phi) is 38.0. The number of phosphoric ester groups is 1. The highest BCUT2D eigenvalue weighted by Gasteiger charge is 2.25. The number of hydrogen-bond donors (Lipinski definition) is 1. The molecule has 0 heterocycles. The van der Waals surface area contributed by atoms with Crippen molar-refractivity contribution < 1.29 is 37.6 Å². The van der Waals surface area contributed by atoms with Crippen LogP contribution < -0.4 is 0 Å². The van der Waals surface area contributed by atoms with Crippen LogP contribution in [0.2, 0.25) is 0 Å². The van der Waals surface area contributed by atoms with Crippen molar-refractivity contribution in [1.82, 2.24) is 0 Å². The van der Waals surface area contributed by atoms with Crippen molar-refractivity contribution >= 4 is 19.8 Å². The Labute approximate surface area is 315 Å². The zero-order chi connectivity index (χ0) is 37.5. The van der Waals surface area contributed by atoms with Crippen LogP contribution in [0.15, 0.2) is 0 Å². The molecule has 9 heteroatoms. The zero-order valence-corrected chi connectivity index (χ0v) is 34.7. The van der Waals surface area contributed by atoms with E-state index in [0.717, 1.165) is 38.5 Å². The molecule has 0 saturated heterocycles. The lowest BCUT2D eigenvalue weighted by molar-refractivity contribution is -0.161. The van der Waals surface area contributed by atoms with Crippen molar-refractivity contribution in [3.8, 4) is 0 Å². The first-order valence-corrected chi connectivity index (χ1v) is 23.3. The number of ether oxygens (including phenoxy) is 2. The number of carbonyl (C=O) groups excluding carboxylic acids is 2. The second-order valence-electron chi connectivity index (χ2n) is 14.7. The first-order valence-electron chi connectivity index (χ1n) is 21.8. The third-order valence-electron chi connectivity index (χ3n) is 9.66. The molecule has 0 aliphatic heterocycles. The Morgan fingerprint density at radius 2 is 0.765 bits per heavy atom. The minimum Gasteiger partial charge on any atom is -0.462 e. The van der Waals surface area contributed by atoms with E-state index in [1.807, 2.05) is 0 Å². The molecule has 51 heavy (non-hydrogen) atoms. The molecule has 0 aromatic rings. The molecule has 2 unspecified atom stereocenters. The van der Waals surface area contributed by atoms with Gasteiger partial charge in [-0.1, -0.05) is 200 Å². The standard InChI is InChI=1S/C42H83O8P/c1-4-7-9-11-13-15-17-19-21-22-23-25-27-29-31-33-35-37-42(44)50-40(39-49-51(45,46)48-6-3)38-47-41(43)36-34-32-30-28-26-24-20-18-16-14-12-10-8-5-2/h40H,4-39H2,1-3H3,(H,45,46). The van der Waals surface area contributed by atoms with Gasteiger partial charge in [-0.2, -0.15) is 0 Å². The smallest absolute Gasteiger partial charge is 0.462 e. The van der Waals surface area contributed by atoms with Gasteiger partial charge in [0.2, 0.25) is 0 Å². The molecule has 0 aromatic carbocycles. The predicted molar refractivity (Wildman–Crippen MR) is 212 cm³/mol. The summed E-state index contributed by atoms with van der Waals surface area (Å²) in [6.07, 6.45) is 38.6. The lowest BCUT2D eigenvalue weighted by Crippen LogP contribution is -2.29. The van der Waals surface area contributed by atoms with Gasteiger partial charge in [0.25, 0.3) is 0 Å². The van der Waals surface area contributed by atoms with E-state index in [0.29, 0.717) is 6.42 Å². The van der Waals surface area contributed by atoms with Crippen LogP contribution in [0.5, 0.6) is 0 Å².